The lowest BCUT2D eigenvalue weighted by Crippen LogP contribution is -2.15. The molecular weight excluding hydrogens is 396 g/mol. The molecule has 6 nitrogen and oxygen atoms in total. The van der Waals surface area contributed by atoms with Crippen LogP contribution in [-0.4, -0.2) is 32.2 Å². The van der Waals surface area contributed by atoms with Crippen molar-refractivity contribution in [1.29, 1.82) is 0 Å². The molecule has 0 fully saturated rings. The normalized spacial score (nSPS) is 11.0. The number of nitrogens with zero attached hydrogens (tertiary/aromatic N) is 3. The Morgan fingerprint density at radius 2 is 1.67 bits per heavy atom. The van der Waals surface area contributed by atoms with Gasteiger partial charge in [-0.1, -0.05) is 80.2 Å². The first-order chi connectivity index (χ1) is 14.4. The SMILES string of the molecule is CC(C)Cn1c(CCC(N)=O)nnc1SCC(=O)c1ccc(-c2ccccc2)cc1. The minimum atomic E-state index is -0.363. The predicted octanol–water partition coefficient (Wildman–Crippen LogP) is 3.99. The van der Waals surface area contributed by atoms with Crippen molar-refractivity contribution in [3.63, 3.8) is 0 Å². The number of benzene rings is 2. The van der Waals surface area contributed by atoms with Crippen molar-refractivity contribution in [2.75, 3.05) is 5.75 Å². The van der Waals surface area contributed by atoms with Crippen LogP contribution in [0.2, 0.25) is 0 Å². The van der Waals surface area contributed by atoms with Crippen LogP contribution in [0.3, 0.4) is 0 Å². The third kappa shape index (κ3) is 5.79. The maximum Gasteiger partial charge on any atom is 0.217 e. The fourth-order valence-electron chi connectivity index (χ4n) is 3.09. The summed E-state index contributed by atoms with van der Waals surface area (Å²) in [7, 11) is 0. The molecule has 2 aromatic carbocycles. The molecule has 3 rings (SSSR count). The molecule has 0 spiro atoms. The summed E-state index contributed by atoms with van der Waals surface area (Å²) in [4.78, 5) is 23.8. The quantitative estimate of drug-likeness (QED) is 0.394. The number of amides is 1. The molecule has 0 aliphatic heterocycles. The number of hydrogen-bond acceptors (Lipinski definition) is 5. The first-order valence-electron chi connectivity index (χ1n) is 9.96. The van der Waals surface area contributed by atoms with Crippen molar-refractivity contribution in [2.45, 2.75) is 38.4 Å². The molecule has 7 heteroatoms. The Kier molecular flexibility index (Phi) is 7.41. The number of aryl methyl sites for hydroxylation is 1. The Bertz CT molecular complexity index is 998. The molecular formula is C23H26N4O2S. The van der Waals surface area contributed by atoms with E-state index in [0.29, 0.717) is 23.1 Å². The summed E-state index contributed by atoms with van der Waals surface area (Å²) in [5.74, 6) is 1.06. The van der Waals surface area contributed by atoms with Gasteiger partial charge in [-0.25, -0.2) is 0 Å². The number of rotatable bonds is 10. The molecule has 1 heterocycles. The standard InChI is InChI=1S/C23H26N4O2S/c1-16(2)14-27-22(13-12-21(24)29)25-26-23(27)30-15-20(28)19-10-8-18(9-11-19)17-6-4-3-5-7-17/h3-11,16H,12-15H2,1-2H3,(H2,24,29). The van der Waals surface area contributed by atoms with Crippen LogP contribution in [0.5, 0.6) is 0 Å². The van der Waals surface area contributed by atoms with Gasteiger partial charge in [0, 0.05) is 24.9 Å². The number of primary amides is 1. The lowest BCUT2D eigenvalue weighted by Gasteiger charge is -2.12. The summed E-state index contributed by atoms with van der Waals surface area (Å²) in [6.45, 7) is 4.93. The average molecular weight is 423 g/mol. The van der Waals surface area contributed by atoms with Gasteiger partial charge in [-0.05, 0) is 17.0 Å². The highest BCUT2D eigenvalue weighted by Crippen LogP contribution is 2.23. The minimum absolute atomic E-state index is 0.0393. The van der Waals surface area contributed by atoms with Crippen LogP contribution >= 0.6 is 11.8 Å². The number of carbonyl (C=O) groups excluding carboxylic acids is 2. The van der Waals surface area contributed by atoms with Crippen LogP contribution in [-0.2, 0) is 17.8 Å². The Morgan fingerprint density at radius 1 is 1.00 bits per heavy atom. The van der Waals surface area contributed by atoms with E-state index < -0.39 is 0 Å². The van der Waals surface area contributed by atoms with Crippen molar-refractivity contribution in [3.8, 4) is 11.1 Å². The third-order valence-electron chi connectivity index (χ3n) is 4.58. The number of hydrogen-bond donors (Lipinski definition) is 1. The second-order valence-corrected chi connectivity index (χ2v) is 8.47. The second-order valence-electron chi connectivity index (χ2n) is 7.52. The highest BCUT2D eigenvalue weighted by molar-refractivity contribution is 7.99. The van der Waals surface area contributed by atoms with Crippen LogP contribution < -0.4 is 5.73 Å². The van der Waals surface area contributed by atoms with Crippen LogP contribution in [0.1, 0.15) is 36.5 Å². The van der Waals surface area contributed by atoms with Gasteiger partial charge in [-0.15, -0.1) is 10.2 Å². The largest absolute Gasteiger partial charge is 0.370 e. The molecule has 156 valence electrons. The molecule has 3 aromatic rings. The van der Waals surface area contributed by atoms with Gasteiger partial charge in [0.15, 0.2) is 10.9 Å². The zero-order chi connectivity index (χ0) is 21.5. The molecule has 30 heavy (non-hydrogen) atoms. The Balaban J connectivity index is 1.67. The van der Waals surface area contributed by atoms with E-state index in [1.165, 1.54) is 11.8 Å². The van der Waals surface area contributed by atoms with Gasteiger partial charge in [0.2, 0.25) is 5.91 Å². The predicted molar refractivity (Wildman–Crippen MR) is 119 cm³/mol. The maximum atomic E-state index is 12.7. The van der Waals surface area contributed by atoms with E-state index in [1.807, 2.05) is 59.2 Å². The molecule has 1 aromatic heterocycles. The van der Waals surface area contributed by atoms with Crippen molar-refractivity contribution < 1.29 is 9.59 Å². The number of carbonyl (C=O) groups is 2. The van der Waals surface area contributed by atoms with E-state index in [2.05, 4.69) is 24.0 Å². The molecule has 0 radical (unpaired) electrons. The molecule has 0 unspecified atom stereocenters. The fourth-order valence-corrected chi connectivity index (χ4v) is 3.95. The fraction of sp³-hybridized carbons (Fsp3) is 0.304. The van der Waals surface area contributed by atoms with E-state index in [-0.39, 0.29) is 23.9 Å². The van der Waals surface area contributed by atoms with E-state index in [1.54, 1.807) is 0 Å². The van der Waals surface area contributed by atoms with Crippen LogP contribution in [0.15, 0.2) is 59.8 Å². The van der Waals surface area contributed by atoms with Crippen LogP contribution in [0.25, 0.3) is 11.1 Å². The first kappa shape index (κ1) is 21.8. The minimum Gasteiger partial charge on any atom is -0.370 e. The molecule has 0 aliphatic carbocycles. The monoisotopic (exact) mass is 422 g/mol. The Morgan fingerprint density at radius 3 is 2.30 bits per heavy atom. The molecule has 0 aliphatic rings. The summed E-state index contributed by atoms with van der Waals surface area (Å²) in [5, 5.41) is 9.14. The van der Waals surface area contributed by atoms with Crippen molar-refractivity contribution >= 4 is 23.5 Å². The average Bonchev–Trinajstić information content (AvgIpc) is 3.12. The topological polar surface area (TPSA) is 90.9 Å². The first-order valence-corrected chi connectivity index (χ1v) is 10.9. The second kappa shape index (κ2) is 10.2. The number of aromatic nitrogens is 3. The zero-order valence-electron chi connectivity index (χ0n) is 17.2. The van der Waals surface area contributed by atoms with Crippen LogP contribution in [0, 0.1) is 5.92 Å². The lowest BCUT2D eigenvalue weighted by atomic mass is 10.0. The summed E-state index contributed by atoms with van der Waals surface area (Å²) < 4.78 is 1.99. The van der Waals surface area contributed by atoms with Gasteiger partial charge in [-0.3, -0.25) is 9.59 Å². The van der Waals surface area contributed by atoms with Gasteiger partial charge < -0.3 is 10.3 Å². The number of ketones is 1. The molecule has 1 amide bonds. The van der Waals surface area contributed by atoms with Crippen molar-refractivity contribution in [2.24, 2.45) is 11.7 Å². The highest BCUT2D eigenvalue weighted by atomic mass is 32.2. The summed E-state index contributed by atoms with van der Waals surface area (Å²) in [5.41, 5.74) is 8.14. The Hall–Kier alpha value is -2.93. The lowest BCUT2D eigenvalue weighted by molar-refractivity contribution is -0.118. The third-order valence-corrected chi connectivity index (χ3v) is 5.55. The molecule has 0 bridgehead atoms. The van der Waals surface area contributed by atoms with E-state index in [0.717, 1.165) is 23.5 Å². The van der Waals surface area contributed by atoms with E-state index >= 15 is 0 Å². The number of nitrogens with two attached hydrogens (primary N) is 1. The zero-order valence-corrected chi connectivity index (χ0v) is 18.1. The van der Waals surface area contributed by atoms with Crippen molar-refractivity contribution in [1.82, 2.24) is 14.8 Å². The Labute approximate surface area is 180 Å². The van der Waals surface area contributed by atoms with Crippen LogP contribution in [0.4, 0.5) is 0 Å². The van der Waals surface area contributed by atoms with E-state index in [4.69, 9.17) is 5.73 Å². The number of thioether (sulfide) groups is 1. The summed E-state index contributed by atoms with van der Waals surface area (Å²) in [6.07, 6.45) is 0.679. The summed E-state index contributed by atoms with van der Waals surface area (Å²) >= 11 is 1.37. The van der Waals surface area contributed by atoms with Gasteiger partial charge in [0.25, 0.3) is 0 Å². The number of Topliss-reactive ketones (excluding diaryl/α,β-unsaturated/α-hetero) is 1. The van der Waals surface area contributed by atoms with Gasteiger partial charge >= 0.3 is 0 Å². The van der Waals surface area contributed by atoms with Crippen molar-refractivity contribution in [3.05, 3.63) is 66.0 Å². The van der Waals surface area contributed by atoms with E-state index in [9.17, 15) is 9.59 Å². The molecule has 2 N–H and O–H groups in total. The summed E-state index contributed by atoms with van der Waals surface area (Å²) in [6, 6.07) is 17.7. The highest BCUT2D eigenvalue weighted by Gasteiger charge is 2.16. The molecule has 0 saturated heterocycles. The molecule has 0 atom stereocenters. The van der Waals surface area contributed by atoms with Gasteiger partial charge in [0.05, 0.1) is 5.75 Å². The van der Waals surface area contributed by atoms with Gasteiger partial charge in [0.1, 0.15) is 5.82 Å². The molecule has 0 saturated carbocycles. The smallest absolute Gasteiger partial charge is 0.217 e. The maximum absolute atomic E-state index is 12.7. The van der Waals surface area contributed by atoms with Gasteiger partial charge in [-0.2, -0.15) is 0 Å².